The fraction of sp³-hybridized carbons (Fsp3) is 0.238. The molecule has 1 N–H and O–H groups in total. The summed E-state index contributed by atoms with van der Waals surface area (Å²) in [6.07, 6.45) is 0. The van der Waals surface area contributed by atoms with Gasteiger partial charge in [0.05, 0.1) is 5.69 Å². The van der Waals surface area contributed by atoms with Crippen LogP contribution < -0.4 is 19.5 Å². The highest BCUT2D eigenvalue weighted by atomic mass is 32.1. The maximum Gasteiger partial charge on any atom is 0.264 e. The van der Waals surface area contributed by atoms with Crippen LogP contribution in [0.15, 0.2) is 41.8 Å². The van der Waals surface area contributed by atoms with Crippen molar-refractivity contribution in [2.24, 2.45) is 0 Å². The molecule has 0 saturated carbocycles. The molecule has 6 nitrogen and oxygen atoms in total. The number of amides is 1. The first kappa shape index (κ1) is 18.3. The van der Waals surface area contributed by atoms with E-state index in [0.717, 1.165) is 33.9 Å². The number of rotatable bonds is 5. The number of hydrogen-bond acceptors (Lipinski definition) is 6. The summed E-state index contributed by atoms with van der Waals surface area (Å²) < 4.78 is 16.8. The fourth-order valence-corrected chi connectivity index (χ4v) is 3.72. The van der Waals surface area contributed by atoms with Crippen molar-refractivity contribution in [3.05, 3.63) is 52.9 Å². The first-order chi connectivity index (χ1) is 13.6. The van der Waals surface area contributed by atoms with E-state index >= 15 is 0 Å². The minimum Gasteiger partial charge on any atom is -0.486 e. The average Bonchev–Trinajstić information content (AvgIpc) is 3.15. The minimum absolute atomic E-state index is 0.0649. The Balaban J connectivity index is 1.40. The molecule has 2 heterocycles. The van der Waals surface area contributed by atoms with E-state index in [1.165, 1.54) is 11.3 Å². The van der Waals surface area contributed by atoms with E-state index in [1.54, 1.807) is 0 Å². The lowest BCUT2D eigenvalue weighted by Gasteiger charge is -2.18. The van der Waals surface area contributed by atoms with E-state index in [0.29, 0.717) is 24.1 Å². The molecule has 0 spiro atoms. The van der Waals surface area contributed by atoms with Gasteiger partial charge in [0.15, 0.2) is 23.2 Å². The van der Waals surface area contributed by atoms with Crippen LogP contribution in [0.5, 0.6) is 17.2 Å². The summed E-state index contributed by atoms with van der Waals surface area (Å²) in [6.45, 7) is 4.95. The van der Waals surface area contributed by atoms with Crippen LogP contribution in [-0.4, -0.2) is 30.7 Å². The zero-order valence-corrected chi connectivity index (χ0v) is 16.5. The summed E-state index contributed by atoms with van der Waals surface area (Å²) in [5.41, 5.74) is 3.69. The maximum absolute atomic E-state index is 12.2. The Hall–Kier alpha value is -3.06. The van der Waals surface area contributed by atoms with Crippen molar-refractivity contribution in [1.82, 2.24) is 4.98 Å². The number of para-hydroxylation sites is 1. The van der Waals surface area contributed by atoms with Crippen molar-refractivity contribution in [3.63, 3.8) is 0 Å². The minimum atomic E-state index is -0.245. The Labute approximate surface area is 167 Å². The molecule has 7 heteroatoms. The molecule has 1 aliphatic rings. The van der Waals surface area contributed by atoms with Crippen LogP contribution in [0.3, 0.4) is 0 Å². The van der Waals surface area contributed by atoms with Gasteiger partial charge >= 0.3 is 0 Å². The molecule has 0 atom stereocenters. The predicted octanol–water partition coefficient (Wildman–Crippen LogP) is 4.22. The molecule has 2 aromatic carbocycles. The summed E-state index contributed by atoms with van der Waals surface area (Å²) in [4.78, 5) is 16.7. The van der Waals surface area contributed by atoms with Gasteiger partial charge in [-0.15, -0.1) is 11.3 Å². The Kier molecular flexibility index (Phi) is 5.16. The van der Waals surface area contributed by atoms with E-state index in [-0.39, 0.29) is 12.5 Å². The Morgan fingerprint density at radius 1 is 1.14 bits per heavy atom. The SMILES string of the molecule is Cc1cccc(C)c1OCC(=O)Nc1nc(-c2ccc3c(c2)OCCO3)cs1. The summed E-state index contributed by atoms with van der Waals surface area (Å²) in [5, 5.41) is 5.22. The van der Waals surface area contributed by atoms with Crippen LogP contribution in [0.25, 0.3) is 11.3 Å². The second-order valence-corrected chi connectivity index (χ2v) is 7.31. The molecule has 1 aromatic heterocycles. The van der Waals surface area contributed by atoms with Crippen molar-refractivity contribution in [1.29, 1.82) is 0 Å². The Bertz CT molecular complexity index is 995. The van der Waals surface area contributed by atoms with Gasteiger partial charge in [-0.1, -0.05) is 18.2 Å². The van der Waals surface area contributed by atoms with Crippen LogP contribution in [0, 0.1) is 13.8 Å². The smallest absolute Gasteiger partial charge is 0.264 e. The van der Waals surface area contributed by atoms with Crippen LogP contribution in [0.1, 0.15) is 11.1 Å². The topological polar surface area (TPSA) is 69.7 Å². The molecule has 3 aromatic rings. The van der Waals surface area contributed by atoms with E-state index in [9.17, 15) is 4.79 Å². The Morgan fingerprint density at radius 2 is 1.89 bits per heavy atom. The second kappa shape index (κ2) is 7.90. The number of thiazole rings is 1. The van der Waals surface area contributed by atoms with E-state index in [2.05, 4.69) is 10.3 Å². The van der Waals surface area contributed by atoms with Crippen molar-refractivity contribution < 1.29 is 19.0 Å². The van der Waals surface area contributed by atoms with Gasteiger partial charge in [0.1, 0.15) is 19.0 Å². The molecule has 0 saturated heterocycles. The molecule has 0 fully saturated rings. The molecule has 1 aliphatic heterocycles. The highest BCUT2D eigenvalue weighted by Gasteiger charge is 2.15. The number of fused-ring (bicyclic) bond motifs is 1. The molecule has 0 unspecified atom stereocenters. The van der Waals surface area contributed by atoms with Gasteiger partial charge < -0.3 is 14.2 Å². The van der Waals surface area contributed by atoms with E-state index < -0.39 is 0 Å². The van der Waals surface area contributed by atoms with Crippen molar-refractivity contribution >= 4 is 22.4 Å². The van der Waals surface area contributed by atoms with Gasteiger partial charge in [0, 0.05) is 10.9 Å². The zero-order chi connectivity index (χ0) is 19.5. The van der Waals surface area contributed by atoms with Crippen LogP contribution in [-0.2, 0) is 4.79 Å². The number of carbonyl (C=O) groups excluding carboxylic acids is 1. The second-order valence-electron chi connectivity index (χ2n) is 6.45. The summed E-state index contributed by atoms with van der Waals surface area (Å²) in [5.74, 6) is 1.95. The standard InChI is InChI=1S/C21H20N2O4S/c1-13-4-3-5-14(2)20(13)27-11-19(24)23-21-22-16(12-28-21)15-6-7-17-18(10-15)26-9-8-25-17/h3-7,10,12H,8-9,11H2,1-2H3,(H,22,23,24). The monoisotopic (exact) mass is 396 g/mol. The van der Waals surface area contributed by atoms with Gasteiger partial charge in [-0.25, -0.2) is 4.98 Å². The lowest BCUT2D eigenvalue weighted by molar-refractivity contribution is -0.118. The molecule has 1 amide bonds. The number of aromatic nitrogens is 1. The van der Waals surface area contributed by atoms with Gasteiger partial charge in [-0.3, -0.25) is 10.1 Å². The van der Waals surface area contributed by atoms with E-state index in [1.807, 2.05) is 55.6 Å². The van der Waals surface area contributed by atoms with Gasteiger partial charge in [-0.05, 0) is 43.2 Å². The molecule has 144 valence electrons. The van der Waals surface area contributed by atoms with Gasteiger partial charge in [0.25, 0.3) is 5.91 Å². The first-order valence-corrected chi connectivity index (χ1v) is 9.82. The number of hydrogen-bond donors (Lipinski definition) is 1. The van der Waals surface area contributed by atoms with Crippen LogP contribution >= 0.6 is 11.3 Å². The number of benzene rings is 2. The fourth-order valence-electron chi connectivity index (χ4n) is 2.99. The Morgan fingerprint density at radius 3 is 2.68 bits per heavy atom. The lowest BCUT2D eigenvalue weighted by atomic mass is 10.1. The molecule has 0 aliphatic carbocycles. The predicted molar refractivity (Wildman–Crippen MR) is 109 cm³/mol. The number of anilines is 1. The maximum atomic E-state index is 12.2. The number of ether oxygens (including phenoxy) is 3. The summed E-state index contributed by atoms with van der Waals surface area (Å²) in [7, 11) is 0. The molecule has 4 rings (SSSR count). The average molecular weight is 396 g/mol. The third-order valence-corrected chi connectivity index (χ3v) is 5.10. The first-order valence-electron chi connectivity index (χ1n) is 8.94. The number of carbonyl (C=O) groups is 1. The van der Waals surface area contributed by atoms with Crippen molar-refractivity contribution in [2.45, 2.75) is 13.8 Å². The number of nitrogens with zero attached hydrogens (tertiary/aromatic N) is 1. The van der Waals surface area contributed by atoms with Gasteiger partial charge in [-0.2, -0.15) is 0 Å². The highest BCUT2D eigenvalue weighted by Crippen LogP contribution is 2.35. The molecule has 0 radical (unpaired) electrons. The van der Waals surface area contributed by atoms with Crippen molar-refractivity contribution in [2.75, 3.05) is 25.1 Å². The van der Waals surface area contributed by atoms with E-state index in [4.69, 9.17) is 14.2 Å². The third kappa shape index (κ3) is 3.94. The van der Waals surface area contributed by atoms with Crippen LogP contribution in [0.4, 0.5) is 5.13 Å². The third-order valence-electron chi connectivity index (χ3n) is 4.34. The molecular weight excluding hydrogens is 376 g/mol. The zero-order valence-electron chi connectivity index (χ0n) is 15.7. The molecular formula is C21H20N2O4S. The summed E-state index contributed by atoms with van der Waals surface area (Å²) >= 11 is 1.37. The quantitative estimate of drug-likeness (QED) is 0.699. The lowest BCUT2D eigenvalue weighted by Crippen LogP contribution is -2.20. The van der Waals surface area contributed by atoms with Gasteiger partial charge in [0.2, 0.25) is 0 Å². The molecule has 28 heavy (non-hydrogen) atoms. The summed E-state index contributed by atoms with van der Waals surface area (Å²) in [6, 6.07) is 11.6. The molecule has 0 bridgehead atoms. The van der Waals surface area contributed by atoms with Crippen LogP contribution in [0.2, 0.25) is 0 Å². The normalized spacial score (nSPS) is 12.5. The number of nitrogens with one attached hydrogen (secondary N) is 1. The largest absolute Gasteiger partial charge is 0.486 e. The highest BCUT2D eigenvalue weighted by molar-refractivity contribution is 7.14. The van der Waals surface area contributed by atoms with Crippen molar-refractivity contribution in [3.8, 4) is 28.5 Å². The number of aryl methyl sites for hydroxylation is 2.